The van der Waals surface area contributed by atoms with Gasteiger partial charge in [-0.25, -0.2) is 9.97 Å². The van der Waals surface area contributed by atoms with Gasteiger partial charge in [-0.15, -0.1) is 0 Å². The van der Waals surface area contributed by atoms with E-state index in [9.17, 15) is 4.79 Å². The number of carbonyl (C=O) groups excluding carboxylic acids is 1. The summed E-state index contributed by atoms with van der Waals surface area (Å²) in [5.41, 5.74) is 6.86. The lowest BCUT2D eigenvalue weighted by Crippen LogP contribution is -2.39. The first-order valence-corrected chi connectivity index (χ1v) is 9.65. The molecule has 2 aromatic rings. The van der Waals surface area contributed by atoms with Crippen molar-refractivity contribution in [1.29, 1.82) is 0 Å². The molecule has 3 N–H and O–H groups in total. The van der Waals surface area contributed by atoms with Gasteiger partial charge in [-0.2, -0.15) is 0 Å². The Morgan fingerprint density at radius 2 is 2.21 bits per heavy atom. The van der Waals surface area contributed by atoms with E-state index in [1.807, 2.05) is 26.0 Å². The number of nitrogens with two attached hydrogens (primary N) is 1. The Morgan fingerprint density at radius 1 is 1.43 bits per heavy atom. The summed E-state index contributed by atoms with van der Waals surface area (Å²) >= 11 is 3.33. The molecule has 0 radical (unpaired) electrons. The Balaban J connectivity index is 2.32. The summed E-state index contributed by atoms with van der Waals surface area (Å²) in [6, 6.07) is 5.46. The van der Waals surface area contributed by atoms with Gasteiger partial charge in [-0.3, -0.25) is 9.78 Å². The predicted molar refractivity (Wildman–Crippen MR) is 113 cm³/mol. The fourth-order valence-corrected chi connectivity index (χ4v) is 2.63. The van der Waals surface area contributed by atoms with Crippen LogP contribution in [0.3, 0.4) is 0 Å². The lowest BCUT2D eigenvalue weighted by Gasteiger charge is -2.26. The third kappa shape index (κ3) is 6.00. The van der Waals surface area contributed by atoms with Crippen molar-refractivity contribution in [3.63, 3.8) is 0 Å². The molecule has 0 aliphatic rings. The number of anilines is 1. The minimum Gasteiger partial charge on any atom is -0.404 e. The molecule has 0 unspecified atom stereocenters. The largest absolute Gasteiger partial charge is 0.404 e. The lowest BCUT2D eigenvalue weighted by atomic mass is 10.2. The van der Waals surface area contributed by atoms with Crippen LogP contribution in [0.1, 0.15) is 35.7 Å². The Morgan fingerprint density at radius 3 is 2.82 bits per heavy atom. The maximum absolute atomic E-state index is 13.1. The van der Waals surface area contributed by atoms with Crippen molar-refractivity contribution < 1.29 is 9.53 Å². The van der Waals surface area contributed by atoms with Crippen molar-refractivity contribution in [2.45, 2.75) is 26.4 Å². The first-order chi connectivity index (χ1) is 13.5. The number of hydrogen-bond donors (Lipinski definition) is 2. The molecule has 0 saturated carbocycles. The topological polar surface area (TPSA) is 106 Å². The molecular weight excluding hydrogens is 424 g/mol. The first-order valence-electron chi connectivity index (χ1n) is 8.85. The molecule has 8 nitrogen and oxygen atoms in total. The molecular formula is C19H25BrN6O2. The van der Waals surface area contributed by atoms with E-state index in [1.54, 1.807) is 30.5 Å². The fraction of sp³-hybridized carbons (Fsp3) is 0.368. The molecule has 0 fully saturated rings. The molecule has 0 bridgehead atoms. The Labute approximate surface area is 173 Å². The van der Waals surface area contributed by atoms with Gasteiger partial charge in [0.15, 0.2) is 5.82 Å². The average molecular weight is 449 g/mol. The van der Waals surface area contributed by atoms with Crippen LogP contribution >= 0.6 is 15.9 Å². The van der Waals surface area contributed by atoms with E-state index < -0.39 is 0 Å². The molecule has 2 aromatic heterocycles. The third-order valence-electron chi connectivity index (χ3n) is 3.92. The Kier molecular flexibility index (Phi) is 8.34. The summed E-state index contributed by atoms with van der Waals surface area (Å²) in [4.78, 5) is 27.7. The summed E-state index contributed by atoms with van der Waals surface area (Å²) < 4.78 is 5.62. The highest BCUT2D eigenvalue weighted by Crippen LogP contribution is 2.20. The Hall–Kier alpha value is -2.52. The normalized spacial score (nSPS) is 11.5. The molecule has 0 atom stereocenters. The number of methoxy groups -OCH3 is 1. The summed E-state index contributed by atoms with van der Waals surface area (Å²) in [5, 5.41) is 3.21. The lowest BCUT2D eigenvalue weighted by molar-refractivity contribution is 0.0629. The van der Waals surface area contributed by atoms with E-state index in [-0.39, 0.29) is 17.6 Å². The summed E-state index contributed by atoms with van der Waals surface area (Å²) in [5.74, 6) is 0.654. The van der Waals surface area contributed by atoms with Crippen LogP contribution < -0.4 is 11.1 Å². The molecule has 0 aromatic carbocycles. The van der Waals surface area contributed by atoms with Gasteiger partial charge in [-0.05, 0) is 41.4 Å². The number of aromatic nitrogens is 3. The van der Waals surface area contributed by atoms with Gasteiger partial charge in [0.1, 0.15) is 11.5 Å². The molecule has 0 saturated heterocycles. The fourth-order valence-electron chi connectivity index (χ4n) is 2.46. The van der Waals surface area contributed by atoms with Crippen molar-refractivity contribution in [3.05, 3.63) is 53.9 Å². The maximum atomic E-state index is 13.1. The first kappa shape index (κ1) is 21.8. The molecule has 2 rings (SSSR count). The average Bonchev–Trinajstić information content (AvgIpc) is 2.72. The maximum Gasteiger partial charge on any atom is 0.272 e. The zero-order valence-corrected chi connectivity index (χ0v) is 17.8. The number of carbonyl (C=O) groups is 1. The van der Waals surface area contributed by atoms with Gasteiger partial charge >= 0.3 is 0 Å². The summed E-state index contributed by atoms with van der Waals surface area (Å²) in [6.45, 7) is 5.33. The van der Waals surface area contributed by atoms with Gasteiger partial charge in [-0.1, -0.05) is 6.07 Å². The van der Waals surface area contributed by atoms with E-state index in [0.717, 1.165) is 5.56 Å². The molecule has 0 aliphatic carbocycles. The van der Waals surface area contributed by atoms with Crippen LogP contribution in [0.2, 0.25) is 0 Å². The summed E-state index contributed by atoms with van der Waals surface area (Å²) in [6.07, 6.45) is 4.83. The number of nitrogens with zero attached hydrogens (tertiary/aromatic N) is 4. The van der Waals surface area contributed by atoms with E-state index >= 15 is 0 Å². The van der Waals surface area contributed by atoms with Crippen molar-refractivity contribution in [1.82, 2.24) is 19.9 Å². The second-order valence-corrected chi connectivity index (χ2v) is 7.13. The standard InChI is InChI=1S/C19H25BrN6O2/c1-13(2)26(7-8-28-3)19(27)16-9-17(25-18(24-16)15(20)10-21)23-12-14-5-4-6-22-11-14/h4-6,9-11,13H,7-8,12,21H2,1-3H3,(H,23,24,25). The number of rotatable bonds is 9. The molecule has 9 heteroatoms. The van der Waals surface area contributed by atoms with Gasteiger partial charge in [0, 0.05) is 50.9 Å². The molecule has 2 heterocycles. The monoisotopic (exact) mass is 448 g/mol. The molecule has 28 heavy (non-hydrogen) atoms. The van der Waals surface area contributed by atoms with Gasteiger partial charge in [0.05, 0.1) is 11.1 Å². The van der Waals surface area contributed by atoms with Crippen LogP contribution in [0.5, 0.6) is 0 Å². The van der Waals surface area contributed by atoms with E-state index in [0.29, 0.717) is 35.8 Å². The van der Waals surface area contributed by atoms with Gasteiger partial charge < -0.3 is 20.7 Å². The third-order valence-corrected chi connectivity index (χ3v) is 4.54. The van der Waals surface area contributed by atoms with Crippen LogP contribution in [-0.2, 0) is 11.3 Å². The quantitative estimate of drug-likeness (QED) is 0.606. The number of amides is 1. The van der Waals surface area contributed by atoms with Gasteiger partial charge in [0.25, 0.3) is 5.91 Å². The second-order valence-electron chi connectivity index (χ2n) is 6.28. The van der Waals surface area contributed by atoms with Crippen LogP contribution in [0.4, 0.5) is 5.82 Å². The van der Waals surface area contributed by atoms with Crippen molar-refractivity contribution in [3.8, 4) is 0 Å². The zero-order valence-electron chi connectivity index (χ0n) is 16.2. The summed E-state index contributed by atoms with van der Waals surface area (Å²) in [7, 11) is 1.61. The van der Waals surface area contributed by atoms with Gasteiger partial charge in [0.2, 0.25) is 0 Å². The highest BCUT2D eigenvalue weighted by Gasteiger charge is 2.22. The molecule has 150 valence electrons. The van der Waals surface area contributed by atoms with Crippen molar-refractivity contribution >= 4 is 32.1 Å². The number of hydrogen-bond acceptors (Lipinski definition) is 7. The van der Waals surface area contributed by atoms with Crippen LogP contribution in [-0.4, -0.2) is 52.1 Å². The van der Waals surface area contributed by atoms with Crippen molar-refractivity contribution in [2.75, 3.05) is 25.6 Å². The number of nitrogens with one attached hydrogen (secondary N) is 1. The number of ether oxygens (including phenoxy) is 1. The highest BCUT2D eigenvalue weighted by molar-refractivity contribution is 9.15. The molecule has 0 aliphatic heterocycles. The van der Waals surface area contributed by atoms with E-state index in [1.165, 1.54) is 6.20 Å². The van der Waals surface area contributed by atoms with E-state index in [2.05, 4.69) is 36.2 Å². The smallest absolute Gasteiger partial charge is 0.272 e. The molecule has 1 amide bonds. The van der Waals surface area contributed by atoms with Crippen LogP contribution in [0.25, 0.3) is 4.48 Å². The number of halogens is 1. The number of pyridine rings is 1. The van der Waals surface area contributed by atoms with E-state index in [4.69, 9.17) is 10.5 Å². The molecule has 0 spiro atoms. The predicted octanol–water partition coefficient (Wildman–Crippen LogP) is 2.63. The SMILES string of the molecule is COCCN(C(=O)c1cc(NCc2cccnc2)nc(C(Br)=CN)n1)C(C)C. The Bertz CT molecular complexity index is 813. The minimum atomic E-state index is -0.197. The van der Waals surface area contributed by atoms with Crippen LogP contribution in [0, 0.1) is 0 Å². The zero-order chi connectivity index (χ0) is 20.5. The second kappa shape index (κ2) is 10.7. The van der Waals surface area contributed by atoms with Crippen LogP contribution in [0.15, 0.2) is 36.8 Å². The highest BCUT2D eigenvalue weighted by atomic mass is 79.9. The minimum absolute atomic E-state index is 0.00126. The van der Waals surface area contributed by atoms with Crippen molar-refractivity contribution in [2.24, 2.45) is 5.73 Å².